The van der Waals surface area contributed by atoms with E-state index >= 15 is 0 Å². The second-order valence-corrected chi connectivity index (χ2v) is 4.83. The molecule has 1 aromatic carbocycles. The molecule has 1 unspecified atom stereocenters. The Bertz CT molecular complexity index is 516. The molecule has 1 aromatic heterocycles. The zero-order valence-electron chi connectivity index (χ0n) is 10.0. The lowest BCUT2D eigenvalue weighted by Gasteiger charge is -2.17. The van der Waals surface area contributed by atoms with Crippen LogP contribution in [0.2, 0.25) is 0 Å². The molecule has 0 bridgehead atoms. The Morgan fingerprint density at radius 1 is 1.28 bits per heavy atom. The number of rotatable bonds is 4. The SMILES string of the molecule is CNC(Cc1cccc(F)c1Br)c1ccncc1. The third-order valence-electron chi connectivity index (χ3n) is 2.91. The van der Waals surface area contributed by atoms with E-state index in [4.69, 9.17) is 0 Å². The van der Waals surface area contributed by atoms with Gasteiger partial charge in [0.05, 0.1) is 4.47 Å². The number of benzene rings is 1. The van der Waals surface area contributed by atoms with Crippen LogP contribution in [0.1, 0.15) is 17.2 Å². The van der Waals surface area contributed by atoms with Gasteiger partial charge in [-0.3, -0.25) is 4.98 Å². The Morgan fingerprint density at radius 3 is 2.67 bits per heavy atom. The standard InChI is InChI=1S/C14H14BrFN2/c1-17-13(10-5-7-18-8-6-10)9-11-3-2-4-12(16)14(11)15/h2-8,13,17H,9H2,1H3. The highest BCUT2D eigenvalue weighted by Crippen LogP contribution is 2.25. The molecule has 1 heterocycles. The zero-order valence-corrected chi connectivity index (χ0v) is 11.6. The van der Waals surface area contributed by atoms with E-state index in [1.165, 1.54) is 6.07 Å². The molecule has 0 radical (unpaired) electrons. The molecule has 1 N–H and O–H groups in total. The van der Waals surface area contributed by atoms with E-state index in [0.29, 0.717) is 4.47 Å². The minimum absolute atomic E-state index is 0.145. The van der Waals surface area contributed by atoms with Crippen LogP contribution in [0.15, 0.2) is 47.2 Å². The first-order chi connectivity index (χ1) is 8.72. The molecule has 2 nitrogen and oxygen atoms in total. The Labute approximate surface area is 114 Å². The highest BCUT2D eigenvalue weighted by Gasteiger charge is 2.13. The summed E-state index contributed by atoms with van der Waals surface area (Å²) in [6.07, 6.45) is 4.25. The molecule has 2 aromatic rings. The van der Waals surface area contributed by atoms with Crippen molar-refractivity contribution in [2.75, 3.05) is 7.05 Å². The van der Waals surface area contributed by atoms with Gasteiger partial charge in [-0.1, -0.05) is 12.1 Å². The average Bonchev–Trinajstić information content (AvgIpc) is 2.41. The normalized spacial score (nSPS) is 12.4. The molecule has 0 saturated carbocycles. The summed E-state index contributed by atoms with van der Waals surface area (Å²) in [5, 5.41) is 3.24. The van der Waals surface area contributed by atoms with Crippen molar-refractivity contribution in [2.24, 2.45) is 0 Å². The molecule has 2 rings (SSSR count). The van der Waals surface area contributed by atoms with Crippen LogP contribution in [0.3, 0.4) is 0 Å². The van der Waals surface area contributed by atoms with E-state index in [2.05, 4.69) is 26.2 Å². The maximum Gasteiger partial charge on any atom is 0.137 e. The smallest absolute Gasteiger partial charge is 0.137 e. The van der Waals surface area contributed by atoms with Crippen molar-refractivity contribution in [1.82, 2.24) is 10.3 Å². The van der Waals surface area contributed by atoms with Gasteiger partial charge in [-0.25, -0.2) is 4.39 Å². The lowest BCUT2D eigenvalue weighted by atomic mass is 10.00. The topological polar surface area (TPSA) is 24.9 Å². The molecule has 1 atom stereocenters. The summed E-state index contributed by atoms with van der Waals surface area (Å²) in [4.78, 5) is 4.00. The van der Waals surface area contributed by atoms with Crippen molar-refractivity contribution < 1.29 is 4.39 Å². The van der Waals surface area contributed by atoms with E-state index in [-0.39, 0.29) is 11.9 Å². The third-order valence-corrected chi connectivity index (χ3v) is 3.80. The number of hydrogen-bond acceptors (Lipinski definition) is 2. The molecular weight excluding hydrogens is 295 g/mol. The van der Waals surface area contributed by atoms with Crippen LogP contribution in [0.4, 0.5) is 4.39 Å². The maximum atomic E-state index is 13.5. The summed E-state index contributed by atoms with van der Waals surface area (Å²) >= 11 is 3.30. The average molecular weight is 309 g/mol. The fraction of sp³-hybridized carbons (Fsp3) is 0.214. The van der Waals surface area contributed by atoms with Gasteiger partial charge in [-0.05, 0) is 58.7 Å². The zero-order chi connectivity index (χ0) is 13.0. The van der Waals surface area contributed by atoms with Crippen LogP contribution in [-0.4, -0.2) is 12.0 Å². The summed E-state index contributed by atoms with van der Waals surface area (Å²) < 4.78 is 14.0. The number of aromatic nitrogens is 1. The predicted molar refractivity (Wildman–Crippen MR) is 73.8 cm³/mol. The number of nitrogens with one attached hydrogen (secondary N) is 1. The molecule has 0 aliphatic heterocycles. The highest BCUT2D eigenvalue weighted by atomic mass is 79.9. The molecule has 18 heavy (non-hydrogen) atoms. The number of pyridine rings is 1. The molecular formula is C14H14BrFN2. The van der Waals surface area contributed by atoms with Gasteiger partial charge < -0.3 is 5.32 Å². The van der Waals surface area contributed by atoms with E-state index in [1.54, 1.807) is 18.5 Å². The first-order valence-corrected chi connectivity index (χ1v) is 6.51. The van der Waals surface area contributed by atoms with Gasteiger partial charge in [-0.15, -0.1) is 0 Å². The molecule has 0 aliphatic rings. The summed E-state index contributed by atoms with van der Waals surface area (Å²) in [5.74, 6) is -0.225. The number of halogens is 2. The second-order valence-electron chi connectivity index (χ2n) is 4.04. The first-order valence-electron chi connectivity index (χ1n) is 5.72. The minimum Gasteiger partial charge on any atom is -0.313 e. The van der Waals surface area contributed by atoms with Crippen molar-refractivity contribution in [2.45, 2.75) is 12.5 Å². The van der Waals surface area contributed by atoms with Gasteiger partial charge in [0, 0.05) is 18.4 Å². The summed E-state index contributed by atoms with van der Waals surface area (Å²) in [7, 11) is 1.90. The van der Waals surface area contributed by atoms with Crippen LogP contribution >= 0.6 is 15.9 Å². The molecule has 0 fully saturated rings. The van der Waals surface area contributed by atoms with E-state index < -0.39 is 0 Å². The molecule has 94 valence electrons. The van der Waals surface area contributed by atoms with Gasteiger partial charge in [0.2, 0.25) is 0 Å². The van der Waals surface area contributed by atoms with Crippen molar-refractivity contribution >= 4 is 15.9 Å². The summed E-state index contributed by atoms with van der Waals surface area (Å²) in [5.41, 5.74) is 2.09. The number of hydrogen-bond donors (Lipinski definition) is 1. The fourth-order valence-electron chi connectivity index (χ4n) is 1.91. The molecule has 0 spiro atoms. The Hall–Kier alpha value is -1.26. The van der Waals surface area contributed by atoms with Crippen molar-refractivity contribution in [3.05, 3.63) is 64.1 Å². The Morgan fingerprint density at radius 2 is 2.00 bits per heavy atom. The monoisotopic (exact) mass is 308 g/mol. The van der Waals surface area contributed by atoms with Crippen molar-refractivity contribution in [3.8, 4) is 0 Å². The van der Waals surface area contributed by atoms with Crippen LogP contribution in [0, 0.1) is 5.82 Å². The molecule has 0 amide bonds. The van der Waals surface area contributed by atoms with Gasteiger partial charge in [-0.2, -0.15) is 0 Å². The van der Waals surface area contributed by atoms with Gasteiger partial charge in [0.15, 0.2) is 0 Å². The maximum absolute atomic E-state index is 13.5. The van der Waals surface area contributed by atoms with Gasteiger partial charge in [0.1, 0.15) is 5.82 Å². The third kappa shape index (κ3) is 2.94. The first kappa shape index (κ1) is 13.2. The highest BCUT2D eigenvalue weighted by molar-refractivity contribution is 9.10. The predicted octanol–water partition coefficient (Wildman–Crippen LogP) is 3.49. The lowest BCUT2D eigenvalue weighted by molar-refractivity contribution is 0.579. The summed E-state index contributed by atoms with van der Waals surface area (Å²) in [6.45, 7) is 0. The minimum atomic E-state index is -0.225. The molecule has 0 saturated heterocycles. The largest absolute Gasteiger partial charge is 0.313 e. The number of nitrogens with zero attached hydrogens (tertiary/aromatic N) is 1. The Kier molecular flexibility index (Phi) is 4.44. The fourth-order valence-corrected chi connectivity index (χ4v) is 2.33. The Balaban J connectivity index is 2.24. The quantitative estimate of drug-likeness (QED) is 0.935. The van der Waals surface area contributed by atoms with Crippen molar-refractivity contribution in [3.63, 3.8) is 0 Å². The van der Waals surface area contributed by atoms with Crippen LogP contribution in [0.5, 0.6) is 0 Å². The van der Waals surface area contributed by atoms with Crippen LogP contribution in [0.25, 0.3) is 0 Å². The molecule has 4 heteroatoms. The van der Waals surface area contributed by atoms with Gasteiger partial charge in [0.25, 0.3) is 0 Å². The van der Waals surface area contributed by atoms with Crippen molar-refractivity contribution in [1.29, 1.82) is 0 Å². The lowest BCUT2D eigenvalue weighted by Crippen LogP contribution is -2.19. The molecule has 0 aliphatic carbocycles. The number of likely N-dealkylation sites (N-methyl/N-ethyl adjacent to an activating group) is 1. The van der Waals surface area contributed by atoms with E-state index in [9.17, 15) is 4.39 Å². The van der Waals surface area contributed by atoms with E-state index in [1.807, 2.05) is 25.2 Å². The van der Waals surface area contributed by atoms with Crippen LogP contribution < -0.4 is 5.32 Å². The second kappa shape index (κ2) is 6.07. The van der Waals surface area contributed by atoms with E-state index in [0.717, 1.165) is 17.5 Å². The summed E-state index contributed by atoms with van der Waals surface area (Å²) in [6, 6.07) is 9.19. The van der Waals surface area contributed by atoms with Crippen LogP contribution in [-0.2, 0) is 6.42 Å². The van der Waals surface area contributed by atoms with Gasteiger partial charge >= 0.3 is 0 Å².